The van der Waals surface area contributed by atoms with Gasteiger partial charge in [-0.2, -0.15) is 2.90 Å². The Morgan fingerprint density at radius 1 is 1.67 bits per heavy atom. The molecule has 0 saturated heterocycles. The van der Waals surface area contributed by atoms with E-state index < -0.39 is 0 Å². The van der Waals surface area contributed by atoms with Crippen LogP contribution in [0.1, 0.15) is 24.5 Å². The van der Waals surface area contributed by atoms with Crippen molar-refractivity contribution in [3.8, 4) is 0 Å². The van der Waals surface area contributed by atoms with E-state index in [1.54, 1.807) is 2.90 Å². The highest BCUT2D eigenvalue weighted by Crippen LogP contribution is 2.38. The minimum Gasteiger partial charge on any atom is -0.191 e. The maximum Gasteiger partial charge on any atom is 0.0867 e. The van der Waals surface area contributed by atoms with E-state index in [4.69, 9.17) is 0 Å². The van der Waals surface area contributed by atoms with E-state index in [1.165, 1.54) is 12.8 Å². The molecule has 0 amide bonds. The molecular formula is C5H6IN3. The monoisotopic (exact) mass is 235 g/mol. The van der Waals surface area contributed by atoms with Crippen molar-refractivity contribution < 1.29 is 0 Å². The molecule has 4 heteroatoms. The Hall–Kier alpha value is -0.130. The fourth-order valence-corrected chi connectivity index (χ4v) is 1.20. The van der Waals surface area contributed by atoms with Crippen LogP contribution < -0.4 is 0 Å². The number of rotatable bonds is 1. The summed E-state index contributed by atoms with van der Waals surface area (Å²) in [5, 5.41) is 7.81. The van der Waals surface area contributed by atoms with Crippen molar-refractivity contribution in [2.45, 2.75) is 18.8 Å². The molecule has 1 aliphatic rings. The molecule has 3 nitrogen and oxygen atoms in total. The molecule has 0 N–H and O–H groups in total. The summed E-state index contributed by atoms with van der Waals surface area (Å²) in [5.41, 5.74) is 1.16. The number of hydrogen-bond acceptors (Lipinski definition) is 2. The Morgan fingerprint density at radius 3 is 2.89 bits per heavy atom. The van der Waals surface area contributed by atoms with Crippen molar-refractivity contribution in [1.82, 2.24) is 13.2 Å². The molecule has 1 aliphatic carbocycles. The molecule has 0 spiro atoms. The first-order chi connectivity index (χ1) is 4.36. The first-order valence-electron chi connectivity index (χ1n) is 2.94. The normalized spacial score (nSPS) is 18.3. The minimum absolute atomic E-state index is 0.730. The van der Waals surface area contributed by atoms with Crippen molar-refractivity contribution in [3.63, 3.8) is 0 Å². The van der Waals surface area contributed by atoms with E-state index in [2.05, 4.69) is 33.2 Å². The molecular weight excluding hydrogens is 229 g/mol. The van der Waals surface area contributed by atoms with Crippen LogP contribution in [-0.4, -0.2) is 13.2 Å². The van der Waals surface area contributed by atoms with Crippen LogP contribution in [-0.2, 0) is 0 Å². The van der Waals surface area contributed by atoms with Gasteiger partial charge in [-0.15, -0.1) is 5.10 Å². The second-order valence-electron chi connectivity index (χ2n) is 2.31. The standard InChI is InChI=1S/C5H6IN3/c6-9-3-5(7-8-9)4-1-2-4/h3-4H,1-2H2. The third-order valence-electron chi connectivity index (χ3n) is 1.48. The summed E-state index contributed by atoms with van der Waals surface area (Å²) in [6.45, 7) is 0. The molecule has 1 aromatic heterocycles. The van der Waals surface area contributed by atoms with Gasteiger partial charge in [-0.1, -0.05) is 5.21 Å². The van der Waals surface area contributed by atoms with Gasteiger partial charge in [-0.05, 0) is 12.8 Å². The molecule has 0 bridgehead atoms. The van der Waals surface area contributed by atoms with Gasteiger partial charge in [0.1, 0.15) is 0 Å². The lowest BCUT2D eigenvalue weighted by molar-refractivity contribution is 0.890. The summed E-state index contributed by atoms with van der Waals surface area (Å²) in [4.78, 5) is 0. The highest BCUT2D eigenvalue weighted by Gasteiger charge is 2.26. The van der Waals surface area contributed by atoms with Gasteiger partial charge < -0.3 is 0 Å². The SMILES string of the molecule is In1cc(C2CC2)nn1. The molecule has 2 rings (SSSR count). The minimum atomic E-state index is 0.730. The summed E-state index contributed by atoms with van der Waals surface area (Å²) < 4.78 is 1.73. The van der Waals surface area contributed by atoms with Gasteiger partial charge >= 0.3 is 0 Å². The summed E-state index contributed by atoms with van der Waals surface area (Å²) in [6.07, 6.45) is 4.59. The van der Waals surface area contributed by atoms with E-state index >= 15 is 0 Å². The fourth-order valence-electron chi connectivity index (χ4n) is 0.821. The maximum atomic E-state index is 3.98. The van der Waals surface area contributed by atoms with Crippen molar-refractivity contribution in [1.29, 1.82) is 0 Å². The van der Waals surface area contributed by atoms with Gasteiger partial charge in [0.15, 0.2) is 0 Å². The fraction of sp³-hybridized carbons (Fsp3) is 0.600. The van der Waals surface area contributed by atoms with E-state index in [0.29, 0.717) is 0 Å². The zero-order valence-corrected chi connectivity index (χ0v) is 6.95. The van der Waals surface area contributed by atoms with Crippen LogP contribution in [0, 0.1) is 0 Å². The van der Waals surface area contributed by atoms with Crippen LogP contribution >= 0.6 is 22.9 Å². The molecule has 9 heavy (non-hydrogen) atoms. The zero-order valence-electron chi connectivity index (χ0n) is 4.79. The quantitative estimate of drug-likeness (QED) is 0.688. The van der Waals surface area contributed by atoms with Gasteiger partial charge in [-0.3, -0.25) is 0 Å². The van der Waals surface area contributed by atoms with Crippen LogP contribution in [0.4, 0.5) is 0 Å². The van der Waals surface area contributed by atoms with Crippen molar-refractivity contribution in [2.75, 3.05) is 0 Å². The summed E-state index contributed by atoms with van der Waals surface area (Å²) in [7, 11) is 0. The van der Waals surface area contributed by atoms with Gasteiger partial charge in [-0.25, -0.2) is 0 Å². The van der Waals surface area contributed by atoms with Crippen LogP contribution in [0.5, 0.6) is 0 Å². The number of hydrogen-bond donors (Lipinski definition) is 0. The third-order valence-corrected chi connectivity index (χ3v) is 1.95. The Balaban J connectivity index is 2.28. The van der Waals surface area contributed by atoms with Crippen LogP contribution in [0.15, 0.2) is 6.20 Å². The Labute approximate surface area is 66.9 Å². The smallest absolute Gasteiger partial charge is 0.0867 e. The van der Waals surface area contributed by atoms with Crippen LogP contribution in [0.25, 0.3) is 0 Å². The van der Waals surface area contributed by atoms with Gasteiger partial charge in [0, 0.05) is 5.92 Å². The summed E-state index contributed by atoms with van der Waals surface area (Å²) in [5.74, 6) is 0.730. The van der Waals surface area contributed by atoms with E-state index in [9.17, 15) is 0 Å². The molecule has 48 valence electrons. The largest absolute Gasteiger partial charge is 0.191 e. The molecule has 0 unspecified atom stereocenters. The molecule has 1 fully saturated rings. The first-order valence-corrected chi connectivity index (χ1v) is 3.91. The van der Waals surface area contributed by atoms with Crippen LogP contribution in [0.3, 0.4) is 0 Å². The molecule has 0 aromatic carbocycles. The number of nitrogens with zero attached hydrogens (tertiary/aromatic N) is 3. The second-order valence-corrected chi connectivity index (χ2v) is 3.29. The van der Waals surface area contributed by atoms with Crippen molar-refractivity contribution >= 4 is 22.9 Å². The second kappa shape index (κ2) is 1.93. The molecule has 1 aromatic rings. The van der Waals surface area contributed by atoms with Gasteiger partial charge in [0.05, 0.1) is 34.8 Å². The summed E-state index contributed by atoms with van der Waals surface area (Å²) >= 11 is 2.10. The highest BCUT2D eigenvalue weighted by molar-refractivity contribution is 14.1. The third kappa shape index (κ3) is 1.08. The average molecular weight is 235 g/mol. The van der Waals surface area contributed by atoms with E-state index in [-0.39, 0.29) is 0 Å². The Bertz CT molecular complexity index is 216. The number of aromatic nitrogens is 3. The van der Waals surface area contributed by atoms with Crippen molar-refractivity contribution in [3.05, 3.63) is 11.9 Å². The van der Waals surface area contributed by atoms with E-state index in [1.807, 2.05) is 6.20 Å². The highest BCUT2D eigenvalue weighted by atomic mass is 127. The van der Waals surface area contributed by atoms with E-state index in [0.717, 1.165) is 11.6 Å². The maximum absolute atomic E-state index is 3.98. The predicted octanol–water partition coefficient (Wildman–Crippen LogP) is 1.35. The molecule has 0 aliphatic heterocycles. The lowest BCUT2D eigenvalue weighted by Gasteiger charge is -1.79. The summed E-state index contributed by atoms with van der Waals surface area (Å²) in [6, 6.07) is 0. The molecule has 0 radical (unpaired) electrons. The predicted molar refractivity (Wildman–Crippen MR) is 41.4 cm³/mol. The Kier molecular flexibility index (Phi) is 1.21. The Morgan fingerprint density at radius 2 is 2.44 bits per heavy atom. The van der Waals surface area contributed by atoms with Crippen LogP contribution in [0.2, 0.25) is 0 Å². The first kappa shape index (κ1) is 5.64. The lowest BCUT2D eigenvalue weighted by atomic mass is 10.3. The van der Waals surface area contributed by atoms with Gasteiger partial charge in [0.2, 0.25) is 0 Å². The van der Waals surface area contributed by atoms with Crippen molar-refractivity contribution in [2.24, 2.45) is 0 Å². The average Bonchev–Trinajstić information content (AvgIpc) is 2.58. The molecule has 1 saturated carbocycles. The molecule has 0 atom stereocenters. The van der Waals surface area contributed by atoms with Gasteiger partial charge in [0.25, 0.3) is 0 Å². The molecule has 1 heterocycles. The lowest BCUT2D eigenvalue weighted by Crippen LogP contribution is -1.76. The number of halogens is 1. The topological polar surface area (TPSA) is 30.7 Å². The zero-order chi connectivity index (χ0) is 6.27.